The van der Waals surface area contributed by atoms with Crippen molar-refractivity contribution >= 4 is 12.0 Å². The van der Waals surface area contributed by atoms with E-state index in [2.05, 4.69) is 17.8 Å². The lowest BCUT2D eigenvalue weighted by atomic mass is 10.4. The third kappa shape index (κ3) is 7.43. The Balaban J connectivity index is 3.02. The number of hydrogen-bond donors (Lipinski definition) is 0. The first-order chi connectivity index (χ1) is 4.41. The maximum absolute atomic E-state index is 4.93. The summed E-state index contributed by atoms with van der Waals surface area (Å²) in [6, 6.07) is 0. The second kappa shape index (κ2) is 7.43. The third-order valence-corrected chi connectivity index (χ3v) is 0.991. The summed E-state index contributed by atoms with van der Waals surface area (Å²) in [6.45, 7) is 0.649. The van der Waals surface area contributed by atoms with E-state index in [1.807, 2.05) is 6.26 Å². The van der Waals surface area contributed by atoms with E-state index < -0.39 is 0 Å². The number of rotatable bonds is 3. The van der Waals surface area contributed by atoms with Crippen LogP contribution in [0, 0.1) is 24.2 Å². The molecule has 1 nitrogen and oxygen atoms in total. The summed E-state index contributed by atoms with van der Waals surface area (Å²) in [4.78, 5) is 0. The van der Waals surface area contributed by atoms with Crippen molar-refractivity contribution in [3.8, 4) is 24.2 Å². The zero-order valence-electron chi connectivity index (χ0n) is 5.31. The van der Waals surface area contributed by atoms with E-state index in [1.165, 1.54) is 12.0 Å². The molecule has 0 saturated heterocycles. The minimum Gasteiger partial charge on any atom is -0.315 e. The van der Waals surface area contributed by atoms with Gasteiger partial charge in [0.25, 0.3) is 0 Å². The SMILES string of the molecule is C#CC#CCCOSC. The number of terminal acetylenes is 1. The molecule has 0 aliphatic rings. The second-order valence-electron chi connectivity index (χ2n) is 1.18. The van der Waals surface area contributed by atoms with Crippen LogP contribution in [0.4, 0.5) is 0 Å². The molecule has 0 atom stereocenters. The van der Waals surface area contributed by atoms with Crippen molar-refractivity contribution in [2.45, 2.75) is 6.42 Å². The fourth-order valence-corrected chi connectivity index (χ4v) is 0.540. The van der Waals surface area contributed by atoms with Gasteiger partial charge in [-0.3, -0.25) is 0 Å². The normalized spacial score (nSPS) is 7.11. The van der Waals surface area contributed by atoms with Gasteiger partial charge < -0.3 is 4.18 Å². The van der Waals surface area contributed by atoms with E-state index in [0.717, 1.165) is 0 Å². The van der Waals surface area contributed by atoms with Gasteiger partial charge in [-0.25, -0.2) is 0 Å². The molecule has 0 aliphatic carbocycles. The van der Waals surface area contributed by atoms with Crippen molar-refractivity contribution in [2.75, 3.05) is 12.9 Å². The van der Waals surface area contributed by atoms with Gasteiger partial charge >= 0.3 is 0 Å². The van der Waals surface area contributed by atoms with Crippen LogP contribution < -0.4 is 0 Å². The molecule has 48 valence electrons. The van der Waals surface area contributed by atoms with Crippen molar-refractivity contribution < 1.29 is 4.18 Å². The van der Waals surface area contributed by atoms with Gasteiger partial charge in [0.05, 0.1) is 6.61 Å². The molecule has 0 aromatic heterocycles. The first kappa shape index (κ1) is 8.43. The highest BCUT2D eigenvalue weighted by Crippen LogP contribution is 1.93. The van der Waals surface area contributed by atoms with E-state index >= 15 is 0 Å². The van der Waals surface area contributed by atoms with E-state index in [9.17, 15) is 0 Å². The van der Waals surface area contributed by atoms with Gasteiger partial charge in [0.15, 0.2) is 0 Å². The predicted octanol–water partition coefficient (Wildman–Crippen LogP) is 1.31. The summed E-state index contributed by atoms with van der Waals surface area (Å²) < 4.78 is 4.93. The zero-order chi connectivity index (χ0) is 6.95. The molecular formula is C7H8OS. The van der Waals surface area contributed by atoms with Crippen molar-refractivity contribution in [1.29, 1.82) is 0 Å². The van der Waals surface area contributed by atoms with Crippen LogP contribution in [0.5, 0.6) is 0 Å². The van der Waals surface area contributed by atoms with Gasteiger partial charge in [-0.2, -0.15) is 0 Å². The fraction of sp³-hybridized carbons (Fsp3) is 0.429. The van der Waals surface area contributed by atoms with Crippen LogP contribution in [-0.4, -0.2) is 12.9 Å². The van der Waals surface area contributed by atoms with Crippen molar-refractivity contribution in [1.82, 2.24) is 0 Å². The van der Waals surface area contributed by atoms with Crippen molar-refractivity contribution in [3.05, 3.63) is 0 Å². The zero-order valence-corrected chi connectivity index (χ0v) is 6.12. The van der Waals surface area contributed by atoms with Crippen LogP contribution >= 0.6 is 12.0 Å². The average molecular weight is 140 g/mol. The van der Waals surface area contributed by atoms with Gasteiger partial charge in [-0.1, -0.05) is 5.92 Å². The molecule has 0 radical (unpaired) electrons. The molecule has 0 unspecified atom stereocenters. The summed E-state index contributed by atoms with van der Waals surface area (Å²) in [7, 11) is 0. The lowest BCUT2D eigenvalue weighted by molar-refractivity contribution is 0.388. The summed E-state index contributed by atoms with van der Waals surface area (Å²) in [5.41, 5.74) is 0. The largest absolute Gasteiger partial charge is 0.315 e. The van der Waals surface area contributed by atoms with Crippen LogP contribution in [0.2, 0.25) is 0 Å². The molecule has 0 spiro atoms. The summed E-state index contributed by atoms with van der Waals surface area (Å²) in [6.07, 6.45) is 7.46. The Morgan fingerprint density at radius 2 is 2.44 bits per heavy atom. The van der Waals surface area contributed by atoms with Crippen LogP contribution in [0.25, 0.3) is 0 Å². The number of hydrogen-bond acceptors (Lipinski definition) is 2. The molecule has 0 aromatic rings. The minimum atomic E-state index is 0.649. The molecule has 2 heteroatoms. The quantitative estimate of drug-likeness (QED) is 0.332. The first-order valence-electron chi connectivity index (χ1n) is 2.51. The molecule has 0 aliphatic heterocycles. The van der Waals surface area contributed by atoms with E-state index in [1.54, 1.807) is 0 Å². The predicted molar refractivity (Wildman–Crippen MR) is 40.7 cm³/mol. The Morgan fingerprint density at radius 1 is 1.67 bits per heavy atom. The highest BCUT2D eigenvalue weighted by molar-refractivity contribution is 7.93. The van der Waals surface area contributed by atoms with Crippen molar-refractivity contribution in [3.63, 3.8) is 0 Å². The van der Waals surface area contributed by atoms with E-state index in [4.69, 9.17) is 10.6 Å². The topological polar surface area (TPSA) is 9.23 Å². The molecule has 0 aromatic carbocycles. The Hall–Kier alpha value is -0.570. The monoisotopic (exact) mass is 140 g/mol. The summed E-state index contributed by atoms with van der Waals surface area (Å²) in [5.74, 6) is 7.46. The molecule has 9 heavy (non-hydrogen) atoms. The average Bonchev–Trinajstić information content (AvgIpc) is 1.89. The van der Waals surface area contributed by atoms with Crippen LogP contribution in [0.15, 0.2) is 0 Å². The molecule has 0 heterocycles. The third-order valence-electron chi connectivity index (χ3n) is 0.589. The standard InChI is InChI=1S/C7H8OS/c1-3-4-5-6-7-8-9-2/h1H,6-7H2,2H3. The van der Waals surface area contributed by atoms with Crippen LogP contribution in [0.3, 0.4) is 0 Å². The molecule has 0 bridgehead atoms. The first-order valence-corrected chi connectivity index (χ1v) is 3.66. The molecule has 0 N–H and O–H groups in total. The Labute approximate surface area is 60.4 Å². The Morgan fingerprint density at radius 3 is 3.00 bits per heavy atom. The summed E-state index contributed by atoms with van der Waals surface area (Å²) in [5, 5.41) is 0. The lowest BCUT2D eigenvalue weighted by Crippen LogP contribution is -1.81. The summed E-state index contributed by atoms with van der Waals surface area (Å²) >= 11 is 1.34. The molecule has 0 saturated carbocycles. The van der Waals surface area contributed by atoms with Gasteiger partial charge in [0, 0.05) is 12.7 Å². The Kier molecular flexibility index (Phi) is 6.96. The van der Waals surface area contributed by atoms with Crippen molar-refractivity contribution in [2.24, 2.45) is 0 Å². The van der Waals surface area contributed by atoms with Crippen LogP contribution in [0.1, 0.15) is 6.42 Å². The maximum atomic E-state index is 4.93. The lowest BCUT2D eigenvalue weighted by Gasteiger charge is -1.89. The second-order valence-corrected chi connectivity index (χ2v) is 1.75. The molecular weight excluding hydrogens is 132 g/mol. The van der Waals surface area contributed by atoms with Crippen LogP contribution in [-0.2, 0) is 4.18 Å². The van der Waals surface area contributed by atoms with Gasteiger partial charge in [0.2, 0.25) is 0 Å². The highest BCUT2D eigenvalue weighted by atomic mass is 32.2. The Bertz CT molecular complexity index is 147. The van der Waals surface area contributed by atoms with E-state index in [-0.39, 0.29) is 0 Å². The maximum Gasteiger partial charge on any atom is 0.0723 e. The van der Waals surface area contributed by atoms with E-state index in [0.29, 0.717) is 13.0 Å². The van der Waals surface area contributed by atoms with Gasteiger partial charge in [-0.15, -0.1) is 6.42 Å². The highest BCUT2D eigenvalue weighted by Gasteiger charge is 1.78. The van der Waals surface area contributed by atoms with Gasteiger partial charge in [-0.05, 0) is 23.9 Å². The molecule has 0 amide bonds. The smallest absolute Gasteiger partial charge is 0.0723 e. The molecule has 0 rings (SSSR count). The minimum absolute atomic E-state index is 0.649. The van der Waals surface area contributed by atoms with Gasteiger partial charge in [0.1, 0.15) is 0 Å². The molecule has 0 fully saturated rings. The fourth-order valence-electron chi connectivity index (χ4n) is 0.290.